The van der Waals surface area contributed by atoms with Crippen LogP contribution in [-0.4, -0.2) is 45.4 Å². The molecule has 0 amide bonds. The molecule has 0 fully saturated rings. The van der Waals surface area contributed by atoms with Crippen LogP contribution < -0.4 is 15.2 Å². The Morgan fingerprint density at radius 3 is 1.63 bits per heavy atom. The second kappa shape index (κ2) is 14.5. The van der Waals surface area contributed by atoms with Gasteiger partial charge in [0.25, 0.3) is 0 Å². The van der Waals surface area contributed by atoms with Crippen LogP contribution in [0.25, 0.3) is 0 Å². The van der Waals surface area contributed by atoms with Gasteiger partial charge in [0.1, 0.15) is 17.1 Å². The number of hydrogen-bond donors (Lipinski definition) is 1. The number of rotatable bonds is 10. The van der Waals surface area contributed by atoms with Gasteiger partial charge in [-0.25, -0.2) is 0 Å². The molecule has 0 aliphatic heterocycles. The van der Waals surface area contributed by atoms with Gasteiger partial charge in [0.15, 0.2) is 0 Å². The molecule has 0 radical (unpaired) electrons. The van der Waals surface area contributed by atoms with E-state index in [1.54, 1.807) is 14.2 Å². The van der Waals surface area contributed by atoms with E-state index in [1.807, 2.05) is 105 Å². The van der Waals surface area contributed by atoms with E-state index in [1.165, 1.54) is 5.56 Å². The summed E-state index contributed by atoms with van der Waals surface area (Å²) in [6.45, 7) is 11.5. The van der Waals surface area contributed by atoms with Crippen LogP contribution >= 0.6 is 0 Å². The molecule has 220 valence electrons. The van der Waals surface area contributed by atoms with Gasteiger partial charge in [-0.3, -0.25) is 14.2 Å². The molecule has 0 saturated heterocycles. The van der Waals surface area contributed by atoms with Gasteiger partial charge < -0.3 is 19.9 Å². The molecule has 41 heavy (non-hydrogen) atoms. The van der Waals surface area contributed by atoms with Crippen LogP contribution in [-0.2, 0) is 35.6 Å². The van der Waals surface area contributed by atoms with E-state index in [4.69, 9.17) is 19.9 Å². The first kappa shape index (κ1) is 31.4. The largest absolute Gasteiger partial charge is 0.497 e. The minimum Gasteiger partial charge on any atom is -0.497 e. The number of benzene rings is 2. The Morgan fingerprint density at radius 2 is 1.22 bits per heavy atom. The highest BCUT2D eigenvalue weighted by molar-refractivity contribution is 5.70. The summed E-state index contributed by atoms with van der Waals surface area (Å²) >= 11 is 0. The smallest absolute Gasteiger partial charge is 0.306 e. The van der Waals surface area contributed by atoms with Gasteiger partial charge in [0.2, 0.25) is 0 Å². The number of hydrogen-bond acceptors (Lipinski definition) is 7. The molecule has 2 aromatic carbocycles. The number of nitrogens with zero attached hydrogens (tertiary/aromatic N) is 4. The zero-order valence-electron chi connectivity index (χ0n) is 25.3. The van der Waals surface area contributed by atoms with Crippen LogP contribution in [0.2, 0.25) is 0 Å². The Balaban J connectivity index is 0.000000239. The topological polar surface area (TPSA) is 106 Å². The van der Waals surface area contributed by atoms with E-state index in [2.05, 4.69) is 10.2 Å². The van der Waals surface area contributed by atoms with E-state index in [9.17, 15) is 4.79 Å². The van der Waals surface area contributed by atoms with Crippen molar-refractivity contribution in [2.45, 2.75) is 72.7 Å². The van der Waals surface area contributed by atoms with Crippen LogP contribution in [0.3, 0.4) is 0 Å². The van der Waals surface area contributed by atoms with Crippen LogP contribution in [0, 0.1) is 13.8 Å². The summed E-state index contributed by atoms with van der Waals surface area (Å²) in [7, 11) is 3.32. The summed E-state index contributed by atoms with van der Waals surface area (Å²) in [6, 6.07) is 19.9. The molecule has 2 aromatic heterocycles. The number of carbonyl (C=O) groups excluding carboxylic acids is 1. The maximum atomic E-state index is 11.9. The third-order valence-corrected chi connectivity index (χ3v) is 6.17. The molecule has 0 aliphatic rings. The lowest BCUT2D eigenvalue weighted by Crippen LogP contribution is -2.24. The molecular formula is C32H43N5O4. The van der Waals surface area contributed by atoms with Crippen LogP contribution in [0.5, 0.6) is 11.5 Å². The predicted molar refractivity (Wildman–Crippen MR) is 160 cm³/mol. The molecule has 0 aliphatic carbocycles. The van der Waals surface area contributed by atoms with Crippen molar-refractivity contribution in [1.82, 2.24) is 19.6 Å². The van der Waals surface area contributed by atoms with Crippen molar-refractivity contribution in [1.29, 1.82) is 0 Å². The molecule has 4 rings (SSSR count). The fourth-order valence-electron chi connectivity index (χ4n) is 4.27. The van der Waals surface area contributed by atoms with Crippen molar-refractivity contribution in [3.8, 4) is 11.5 Å². The normalized spacial score (nSPS) is 11.0. The van der Waals surface area contributed by atoms with E-state index in [0.717, 1.165) is 46.4 Å². The minimum absolute atomic E-state index is 0.183. The summed E-state index contributed by atoms with van der Waals surface area (Å²) in [4.78, 5) is 11.9. The predicted octanol–water partition coefficient (Wildman–Crippen LogP) is 5.23. The molecule has 9 heteroatoms. The average molecular weight is 562 g/mol. The molecule has 0 saturated carbocycles. The number of aryl methyl sites for hydroxylation is 3. The zero-order valence-corrected chi connectivity index (χ0v) is 25.3. The maximum absolute atomic E-state index is 11.9. The highest BCUT2D eigenvalue weighted by Gasteiger charge is 2.17. The van der Waals surface area contributed by atoms with Gasteiger partial charge in [-0.05, 0) is 88.6 Å². The molecule has 0 atom stereocenters. The highest BCUT2D eigenvalue weighted by Crippen LogP contribution is 2.16. The molecule has 0 spiro atoms. The standard InChI is InChI=1S/C19H26N2O3.C13H17N3O/c1-14-12-16(8-11-18(22)24-19(2,3)4)21(20-14)13-15-6-9-17(23-5)10-7-15;1-10-7-12(8-14)16(15-10)9-11-3-5-13(17-2)6-4-11/h6-7,9-10,12H,8,11,13H2,1-5H3;3-7H,8-9,14H2,1-2H3. The lowest BCUT2D eigenvalue weighted by molar-refractivity contribution is -0.154. The van der Waals surface area contributed by atoms with Crippen LogP contribution in [0.4, 0.5) is 0 Å². The number of ether oxygens (including phenoxy) is 3. The molecule has 2 heterocycles. The van der Waals surface area contributed by atoms with Crippen LogP contribution in [0.1, 0.15) is 61.1 Å². The Hall–Kier alpha value is -4.11. The average Bonchev–Trinajstić information content (AvgIpc) is 3.47. The highest BCUT2D eigenvalue weighted by atomic mass is 16.6. The molecule has 2 N–H and O–H groups in total. The fraction of sp³-hybridized carbons (Fsp3) is 0.406. The summed E-state index contributed by atoms with van der Waals surface area (Å²) in [5.74, 6) is 1.52. The summed E-state index contributed by atoms with van der Waals surface area (Å²) < 4.78 is 19.6. The van der Waals surface area contributed by atoms with Crippen LogP contribution in [0.15, 0.2) is 60.7 Å². The molecule has 4 aromatic rings. The lowest BCUT2D eigenvalue weighted by atomic mass is 10.1. The number of methoxy groups -OCH3 is 2. The van der Waals surface area contributed by atoms with Gasteiger partial charge in [-0.15, -0.1) is 0 Å². The zero-order chi connectivity index (χ0) is 30.0. The van der Waals surface area contributed by atoms with Crippen molar-refractivity contribution in [2.24, 2.45) is 5.73 Å². The summed E-state index contributed by atoms with van der Waals surface area (Å²) in [6.07, 6.45) is 0.969. The van der Waals surface area contributed by atoms with E-state index in [0.29, 0.717) is 25.9 Å². The SMILES string of the molecule is COc1ccc(Cn2nc(C)cc2CCC(=O)OC(C)(C)C)cc1.COc1ccc(Cn2nc(C)cc2CN)cc1. The van der Waals surface area contributed by atoms with Crippen molar-refractivity contribution in [2.75, 3.05) is 14.2 Å². The van der Waals surface area contributed by atoms with E-state index >= 15 is 0 Å². The minimum atomic E-state index is -0.448. The molecule has 0 unspecified atom stereocenters. The molecular weight excluding hydrogens is 518 g/mol. The van der Waals surface area contributed by atoms with Gasteiger partial charge >= 0.3 is 5.97 Å². The first-order chi connectivity index (χ1) is 19.5. The maximum Gasteiger partial charge on any atom is 0.306 e. The van der Waals surface area contributed by atoms with E-state index < -0.39 is 5.60 Å². The number of aromatic nitrogens is 4. The number of nitrogens with two attached hydrogens (primary N) is 1. The quantitative estimate of drug-likeness (QED) is 0.264. The number of carbonyl (C=O) groups is 1. The third-order valence-electron chi connectivity index (χ3n) is 6.17. The Bertz CT molecular complexity index is 1380. The van der Waals surface area contributed by atoms with Gasteiger partial charge in [-0.1, -0.05) is 24.3 Å². The Morgan fingerprint density at radius 1 is 0.780 bits per heavy atom. The second-order valence-electron chi connectivity index (χ2n) is 10.9. The van der Waals surface area contributed by atoms with Gasteiger partial charge in [-0.2, -0.15) is 10.2 Å². The van der Waals surface area contributed by atoms with Crippen molar-refractivity contribution < 1.29 is 19.0 Å². The summed E-state index contributed by atoms with van der Waals surface area (Å²) in [5, 5.41) is 8.96. The molecule has 9 nitrogen and oxygen atoms in total. The van der Waals surface area contributed by atoms with Gasteiger partial charge in [0, 0.05) is 12.2 Å². The first-order valence-electron chi connectivity index (χ1n) is 13.7. The Labute approximate surface area is 243 Å². The number of esters is 1. The lowest BCUT2D eigenvalue weighted by Gasteiger charge is -2.19. The van der Waals surface area contributed by atoms with Crippen molar-refractivity contribution >= 4 is 5.97 Å². The summed E-state index contributed by atoms with van der Waals surface area (Å²) in [5.41, 5.74) is 11.6. The second-order valence-corrected chi connectivity index (χ2v) is 10.9. The third kappa shape index (κ3) is 10.1. The fourth-order valence-corrected chi connectivity index (χ4v) is 4.27. The Kier molecular flexibility index (Phi) is 11.1. The monoisotopic (exact) mass is 561 g/mol. The van der Waals surface area contributed by atoms with Gasteiger partial charge in [0.05, 0.1) is 50.8 Å². The van der Waals surface area contributed by atoms with Crippen molar-refractivity contribution in [3.05, 3.63) is 94.6 Å². The van der Waals surface area contributed by atoms with Crippen molar-refractivity contribution in [3.63, 3.8) is 0 Å². The molecule has 0 bridgehead atoms. The van der Waals surface area contributed by atoms with E-state index in [-0.39, 0.29) is 5.97 Å². The first-order valence-corrected chi connectivity index (χ1v) is 13.7.